The van der Waals surface area contributed by atoms with E-state index in [1.165, 1.54) is 38.2 Å². The first-order chi connectivity index (χ1) is 10.2. The zero-order valence-corrected chi connectivity index (χ0v) is 12.7. The number of aromatic amines is 1. The molecular formula is C15H24N4O2. The summed E-state index contributed by atoms with van der Waals surface area (Å²) in [7, 11) is 0. The van der Waals surface area contributed by atoms with Crippen molar-refractivity contribution in [3.8, 4) is 0 Å². The molecule has 1 N–H and O–H groups in total. The van der Waals surface area contributed by atoms with Gasteiger partial charge in [-0.05, 0) is 32.9 Å². The number of amides is 1. The van der Waals surface area contributed by atoms with Gasteiger partial charge in [0, 0.05) is 25.8 Å². The number of hydrogen-bond donors (Lipinski definition) is 1. The molecule has 0 saturated carbocycles. The van der Waals surface area contributed by atoms with Crippen molar-refractivity contribution in [2.45, 2.75) is 32.6 Å². The molecule has 0 aromatic carbocycles. The van der Waals surface area contributed by atoms with Crippen molar-refractivity contribution in [1.82, 2.24) is 19.8 Å². The Hall–Kier alpha value is -1.69. The van der Waals surface area contributed by atoms with E-state index >= 15 is 0 Å². The zero-order chi connectivity index (χ0) is 15.1. The molecule has 2 heterocycles. The number of likely N-dealkylation sites (N-methyl/N-ethyl adjacent to an activating group) is 1. The van der Waals surface area contributed by atoms with Gasteiger partial charge in [0.15, 0.2) is 0 Å². The third-order valence-electron chi connectivity index (χ3n) is 4.00. The molecule has 1 aromatic rings. The third-order valence-corrected chi connectivity index (χ3v) is 4.00. The molecule has 1 aliphatic heterocycles. The predicted molar refractivity (Wildman–Crippen MR) is 81.3 cm³/mol. The van der Waals surface area contributed by atoms with E-state index in [4.69, 9.17) is 0 Å². The second kappa shape index (κ2) is 7.93. The Balaban J connectivity index is 1.94. The van der Waals surface area contributed by atoms with Gasteiger partial charge in [-0.25, -0.2) is 4.98 Å². The van der Waals surface area contributed by atoms with E-state index in [0.29, 0.717) is 13.1 Å². The molecule has 1 aromatic heterocycles. The van der Waals surface area contributed by atoms with E-state index in [1.807, 2.05) is 6.92 Å². The van der Waals surface area contributed by atoms with Gasteiger partial charge in [0.05, 0.1) is 6.33 Å². The van der Waals surface area contributed by atoms with Crippen molar-refractivity contribution in [3.63, 3.8) is 0 Å². The molecular weight excluding hydrogens is 268 g/mol. The van der Waals surface area contributed by atoms with Crippen LogP contribution in [0.1, 0.15) is 43.0 Å². The zero-order valence-electron chi connectivity index (χ0n) is 12.7. The molecule has 0 bridgehead atoms. The van der Waals surface area contributed by atoms with E-state index in [0.717, 1.165) is 19.6 Å². The molecule has 21 heavy (non-hydrogen) atoms. The molecule has 1 aliphatic rings. The highest BCUT2D eigenvalue weighted by Gasteiger charge is 2.18. The van der Waals surface area contributed by atoms with E-state index in [1.54, 1.807) is 4.90 Å². The molecule has 0 atom stereocenters. The summed E-state index contributed by atoms with van der Waals surface area (Å²) in [5, 5.41) is 0. The minimum atomic E-state index is -0.372. The summed E-state index contributed by atoms with van der Waals surface area (Å²) in [6, 6.07) is 0. The van der Waals surface area contributed by atoms with Gasteiger partial charge in [-0.2, -0.15) is 0 Å². The fraction of sp³-hybridized carbons (Fsp3) is 0.667. The van der Waals surface area contributed by atoms with Gasteiger partial charge in [0.2, 0.25) is 0 Å². The number of nitrogens with zero attached hydrogens (tertiary/aromatic N) is 3. The second-order valence-corrected chi connectivity index (χ2v) is 5.44. The number of likely N-dealkylation sites (tertiary alicyclic amines) is 1. The molecule has 0 radical (unpaired) electrons. The average Bonchev–Trinajstić information content (AvgIpc) is 2.77. The number of carbonyl (C=O) groups excluding carboxylic acids is 1. The highest BCUT2D eigenvalue weighted by atomic mass is 16.2. The van der Waals surface area contributed by atoms with Gasteiger partial charge in [0.1, 0.15) is 5.56 Å². The summed E-state index contributed by atoms with van der Waals surface area (Å²) in [5.41, 5.74) is -0.251. The van der Waals surface area contributed by atoms with Gasteiger partial charge in [-0.1, -0.05) is 12.8 Å². The van der Waals surface area contributed by atoms with Crippen LogP contribution in [0.5, 0.6) is 0 Å². The maximum Gasteiger partial charge on any atom is 0.263 e. The van der Waals surface area contributed by atoms with Crippen LogP contribution in [0.4, 0.5) is 0 Å². The van der Waals surface area contributed by atoms with Crippen LogP contribution in [0.2, 0.25) is 0 Å². The van der Waals surface area contributed by atoms with Crippen molar-refractivity contribution >= 4 is 5.91 Å². The van der Waals surface area contributed by atoms with Crippen molar-refractivity contribution in [2.75, 3.05) is 32.7 Å². The summed E-state index contributed by atoms with van der Waals surface area (Å²) >= 11 is 0. The lowest BCUT2D eigenvalue weighted by atomic mass is 10.2. The molecule has 116 valence electrons. The Bertz CT molecular complexity index is 506. The van der Waals surface area contributed by atoms with E-state index in [9.17, 15) is 9.59 Å². The van der Waals surface area contributed by atoms with Gasteiger partial charge in [-0.3, -0.25) is 9.59 Å². The number of carbonyl (C=O) groups is 1. The van der Waals surface area contributed by atoms with Crippen LogP contribution in [0.3, 0.4) is 0 Å². The maximum atomic E-state index is 12.4. The van der Waals surface area contributed by atoms with Gasteiger partial charge >= 0.3 is 0 Å². The summed E-state index contributed by atoms with van der Waals surface area (Å²) in [6.45, 7) is 6.28. The van der Waals surface area contributed by atoms with E-state index in [-0.39, 0.29) is 17.0 Å². The summed E-state index contributed by atoms with van der Waals surface area (Å²) in [5.74, 6) is -0.235. The monoisotopic (exact) mass is 292 g/mol. The highest BCUT2D eigenvalue weighted by Crippen LogP contribution is 2.09. The van der Waals surface area contributed by atoms with Gasteiger partial charge in [-0.15, -0.1) is 0 Å². The van der Waals surface area contributed by atoms with Crippen molar-refractivity contribution in [1.29, 1.82) is 0 Å². The molecule has 6 nitrogen and oxygen atoms in total. The highest BCUT2D eigenvalue weighted by molar-refractivity contribution is 5.93. The minimum Gasteiger partial charge on any atom is -0.337 e. The topological polar surface area (TPSA) is 69.3 Å². The molecule has 6 heteroatoms. The van der Waals surface area contributed by atoms with Crippen LogP contribution in [0.15, 0.2) is 17.3 Å². The van der Waals surface area contributed by atoms with Crippen molar-refractivity contribution < 1.29 is 4.79 Å². The van der Waals surface area contributed by atoms with Crippen LogP contribution in [-0.2, 0) is 0 Å². The van der Waals surface area contributed by atoms with E-state index < -0.39 is 0 Å². The fourth-order valence-electron chi connectivity index (χ4n) is 2.69. The number of rotatable bonds is 5. The number of H-pyrrole nitrogens is 1. The predicted octanol–water partition coefficient (Wildman–Crippen LogP) is 1.11. The smallest absolute Gasteiger partial charge is 0.263 e. The molecule has 0 unspecified atom stereocenters. The molecule has 1 saturated heterocycles. The number of aromatic nitrogens is 2. The van der Waals surface area contributed by atoms with Crippen LogP contribution >= 0.6 is 0 Å². The molecule has 0 spiro atoms. The van der Waals surface area contributed by atoms with E-state index in [2.05, 4.69) is 14.9 Å². The van der Waals surface area contributed by atoms with Crippen LogP contribution in [0.25, 0.3) is 0 Å². The SMILES string of the molecule is CCN(CCN1CCCCCC1)C(=O)c1cnc[nH]c1=O. The largest absolute Gasteiger partial charge is 0.337 e. The maximum absolute atomic E-state index is 12.4. The van der Waals surface area contributed by atoms with Gasteiger partial charge < -0.3 is 14.8 Å². The van der Waals surface area contributed by atoms with Crippen molar-refractivity contribution in [3.05, 3.63) is 28.4 Å². The Labute approximate surface area is 125 Å². The average molecular weight is 292 g/mol. The number of nitrogens with one attached hydrogen (secondary N) is 1. The lowest BCUT2D eigenvalue weighted by Gasteiger charge is -2.25. The second-order valence-electron chi connectivity index (χ2n) is 5.44. The minimum absolute atomic E-state index is 0.121. The van der Waals surface area contributed by atoms with Crippen molar-refractivity contribution in [2.24, 2.45) is 0 Å². The Morgan fingerprint density at radius 1 is 1.33 bits per heavy atom. The first-order valence-electron chi connectivity index (χ1n) is 7.76. The Kier molecular flexibility index (Phi) is 5.92. The van der Waals surface area contributed by atoms with Crippen LogP contribution in [0, 0.1) is 0 Å². The third kappa shape index (κ3) is 4.39. The first-order valence-corrected chi connectivity index (χ1v) is 7.76. The Morgan fingerprint density at radius 3 is 2.67 bits per heavy atom. The fourth-order valence-corrected chi connectivity index (χ4v) is 2.69. The Morgan fingerprint density at radius 2 is 2.05 bits per heavy atom. The first kappa shape index (κ1) is 15.7. The lowest BCUT2D eigenvalue weighted by Crippen LogP contribution is -2.40. The molecule has 1 fully saturated rings. The quantitative estimate of drug-likeness (QED) is 0.882. The van der Waals surface area contributed by atoms with Gasteiger partial charge in [0.25, 0.3) is 11.5 Å². The summed E-state index contributed by atoms with van der Waals surface area (Å²) in [4.78, 5) is 34.5. The lowest BCUT2D eigenvalue weighted by molar-refractivity contribution is 0.0743. The summed E-state index contributed by atoms with van der Waals surface area (Å²) in [6.07, 6.45) is 7.73. The summed E-state index contributed by atoms with van der Waals surface area (Å²) < 4.78 is 0. The molecule has 0 aliphatic carbocycles. The van der Waals surface area contributed by atoms with Crippen LogP contribution < -0.4 is 5.56 Å². The number of hydrogen-bond acceptors (Lipinski definition) is 4. The normalized spacial score (nSPS) is 16.4. The molecule has 1 amide bonds. The van der Waals surface area contributed by atoms with Crippen LogP contribution in [-0.4, -0.2) is 58.4 Å². The standard InChI is InChI=1S/C15H24N4O2/c1-2-19(10-9-18-7-5-3-4-6-8-18)15(21)13-11-16-12-17-14(13)20/h11-12H,2-10H2,1H3,(H,16,17,20). The molecule has 2 rings (SSSR count).